The van der Waals surface area contributed by atoms with E-state index in [1.807, 2.05) is 24.3 Å². The van der Waals surface area contributed by atoms with Crippen molar-refractivity contribution < 1.29 is 4.79 Å². The van der Waals surface area contributed by atoms with Crippen LogP contribution in [-0.2, 0) is 16.5 Å². The van der Waals surface area contributed by atoms with Gasteiger partial charge in [-0.15, -0.1) is 0 Å². The second-order valence-corrected chi connectivity index (χ2v) is 3.39. The summed E-state index contributed by atoms with van der Waals surface area (Å²) in [4.78, 5) is 10.8. The van der Waals surface area contributed by atoms with Crippen LogP contribution in [-0.4, -0.2) is 5.78 Å². The third-order valence-electron chi connectivity index (χ3n) is 1.63. The highest BCUT2D eigenvalue weighted by Crippen LogP contribution is 2.08. The van der Waals surface area contributed by atoms with Crippen LogP contribution in [0.4, 0.5) is 0 Å². The van der Waals surface area contributed by atoms with Gasteiger partial charge in [-0.1, -0.05) is 40.2 Å². The predicted molar refractivity (Wildman–Crippen MR) is 53.5 cm³/mol. The van der Waals surface area contributed by atoms with Crippen molar-refractivity contribution in [1.29, 1.82) is 0 Å². The molecule has 1 rings (SSSR count). The van der Waals surface area contributed by atoms with Crippen LogP contribution in [0.1, 0.15) is 18.1 Å². The summed E-state index contributed by atoms with van der Waals surface area (Å²) in [5.74, 6) is 0.210. The molecule has 64 valence electrons. The minimum absolute atomic E-state index is 0.210. The van der Waals surface area contributed by atoms with Crippen LogP contribution < -0.4 is 0 Å². The summed E-state index contributed by atoms with van der Waals surface area (Å²) in [6, 6.07) is 8.07. The summed E-state index contributed by atoms with van der Waals surface area (Å²) >= 11 is 3.37. The van der Waals surface area contributed by atoms with Gasteiger partial charge in [-0.05, 0) is 18.1 Å². The molecule has 0 radical (unpaired) electrons. The van der Waals surface area contributed by atoms with Gasteiger partial charge in [-0.25, -0.2) is 0 Å². The number of alkyl halides is 1. The maximum atomic E-state index is 10.8. The molecular weight excluding hydrogens is 216 g/mol. The van der Waals surface area contributed by atoms with E-state index in [1.54, 1.807) is 6.92 Å². The number of Topliss-reactive ketones (excluding diaryl/α,β-unsaturated/α-hetero) is 1. The standard InChI is InChI=1S/C10H11BrO/c1-8(12)6-9-2-4-10(7-11)5-3-9/h2-5H,6-7H2,1H3. The van der Waals surface area contributed by atoms with Gasteiger partial charge in [0.15, 0.2) is 0 Å². The Kier molecular flexibility index (Phi) is 3.48. The Balaban J connectivity index is 2.71. The van der Waals surface area contributed by atoms with Crippen molar-refractivity contribution in [2.24, 2.45) is 0 Å². The lowest BCUT2D eigenvalue weighted by atomic mass is 10.1. The highest BCUT2D eigenvalue weighted by atomic mass is 79.9. The molecule has 0 atom stereocenters. The van der Waals surface area contributed by atoms with Gasteiger partial charge in [-0.3, -0.25) is 4.79 Å². The molecule has 0 saturated carbocycles. The molecule has 0 heterocycles. The molecular formula is C10H11BrO. The van der Waals surface area contributed by atoms with Crippen LogP contribution in [0.5, 0.6) is 0 Å². The molecule has 0 bridgehead atoms. The molecule has 0 aromatic heterocycles. The van der Waals surface area contributed by atoms with Gasteiger partial charge in [-0.2, -0.15) is 0 Å². The smallest absolute Gasteiger partial charge is 0.134 e. The van der Waals surface area contributed by atoms with Crippen molar-refractivity contribution in [1.82, 2.24) is 0 Å². The van der Waals surface area contributed by atoms with E-state index < -0.39 is 0 Å². The quantitative estimate of drug-likeness (QED) is 0.725. The highest BCUT2D eigenvalue weighted by Gasteiger charge is 1.96. The van der Waals surface area contributed by atoms with E-state index in [-0.39, 0.29) is 5.78 Å². The molecule has 0 N–H and O–H groups in total. The minimum atomic E-state index is 0.210. The first-order valence-corrected chi connectivity index (χ1v) is 4.97. The normalized spacial score (nSPS) is 9.83. The Morgan fingerprint density at radius 1 is 1.25 bits per heavy atom. The molecule has 0 unspecified atom stereocenters. The predicted octanol–water partition coefficient (Wildman–Crippen LogP) is 2.71. The van der Waals surface area contributed by atoms with Gasteiger partial charge >= 0.3 is 0 Å². The van der Waals surface area contributed by atoms with E-state index in [4.69, 9.17) is 0 Å². The summed E-state index contributed by atoms with van der Waals surface area (Å²) < 4.78 is 0. The molecule has 1 nitrogen and oxygen atoms in total. The van der Waals surface area contributed by atoms with Crippen molar-refractivity contribution in [2.45, 2.75) is 18.7 Å². The van der Waals surface area contributed by atoms with E-state index in [0.717, 1.165) is 10.9 Å². The van der Waals surface area contributed by atoms with E-state index in [9.17, 15) is 4.79 Å². The zero-order valence-electron chi connectivity index (χ0n) is 7.01. The second kappa shape index (κ2) is 4.41. The van der Waals surface area contributed by atoms with Gasteiger partial charge in [0.05, 0.1) is 0 Å². The molecule has 0 aliphatic heterocycles. The molecule has 0 aliphatic carbocycles. The second-order valence-electron chi connectivity index (χ2n) is 2.83. The summed E-state index contributed by atoms with van der Waals surface area (Å²) in [7, 11) is 0. The first-order chi connectivity index (χ1) is 5.72. The largest absolute Gasteiger partial charge is 0.300 e. The molecule has 0 saturated heterocycles. The topological polar surface area (TPSA) is 17.1 Å². The number of carbonyl (C=O) groups is 1. The maximum Gasteiger partial charge on any atom is 0.134 e. The lowest BCUT2D eigenvalue weighted by Gasteiger charge is -1.98. The minimum Gasteiger partial charge on any atom is -0.300 e. The lowest BCUT2D eigenvalue weighted by Crippen LogP contribution is -1.95. The number of ketones is 1. The van der Waals surface area contributed by atoms with Gasteiger partial charge in [0.25, 0.3) is 0 Å². The molecule has 0 fully saturated rings. The summed E-state index contributed by atoms with van der Waals surface area (Å²) in [5, 5.41) is 0.868. The Hall–Kier alpha value is -0.630. The van der Waals surface area contributed by atoms with E-state index in [1.165, 1.54) is 5.56 Å². The lowest BCUT2D eigenvalue weighted by molar-refractivity contribution is -0.116. The number of halogens is 1. The number of carbonyl (C=O) groups excluding carboxylic acids is 1. The monoisotopic (exact) mass is 226 g/mol. The van der Waals surface area contributed by atoms with E-state index >= 15 is 0 Å². The first-order valence-electron chi connectivity index (χ1n) is 3.85. The number of hydrogen-bond acceptors (Lipinski definition) is 1. The van der Waals surface area contributed by atoms with Crippen LogP contribution in [0.15, 0.2) is 24.3 Å². The fourth-order valence-electron chi connectivity index (χ4n) is 1.03. The fraction of sp³-hybridized carbons (Fsp3) is 0.300. The van der Waals surface area contributed by atoms with Gasteiger partial charge in [0, 0.05) is 11.8 Å². The average Bonchev–Trinajstić information content (AvgIpc) is 2.05. The van der Waals surface area contributed by atoms with Crippen molar-refractivity contribution >= 4 is 21.7 Å². The van der Waals surface area contributed by atoms with Crippen LogP contribution in [0.25, 0.3) is 0 Å². The molecule has 0 amide bonds. The summed E-state index contributed by atoms with van der Waals surface area (Å²) in [5.41, 5.74) is 2.33. The van der Waals surface area contributed by atoms with Gasteiger partial charge in [0.1, 0.15) is 5.78 Å². The van der Waals surface area contributed by atoms with Crippen LogP contribution >= 0.6 is 15.9 Å². The Morgan fingerprint density at radius 3 is 2.17 bits per heavy atom. The fourth-order valence-corrected chi connectivity index (χ4v) is 1.41. The molecule has 0 aliphatic rings. The van der Waals surface area contributed by atoms with Crippen molar-refractivity contribution in [2.75, 3.05) is 0 Å². The third kappa shape index (κ3) is 2.78. The van der Waals surface area contributed by atoms with Gasteiger partial charge < -0.3 is 0 Å². The summed E-state index contributed by atoms with van der Waals surface area (Å²) in [6.45, 7) is 1.61. The Bertz CT molecular complexity index is 264. The Labute approximate surface area is 80.9 Å². The maximum absolute atomic E-state index is 10.8. The van der Waals surface area contributed by atoms with Crippen molar-refractivity contribution in [3.05, 3.63) is 35.4 Å². The van der Waals surface area contributed by atoms with E-state index in [0.29, 0.717) is 6.42 Å². The Morgan fingerprint density at radius 2 is 1.75 bits per heavy atom. The molecule has 2 heteroatoms. The zero-order valence-corrected chi connectivity index (χ0v) is 8.60. The zero-order chi connectivity index (χ0) is 8.97. The number of rotatable bonds is 3. The van der Waals surface area contributed by atoms with Crippen LogP contribution in [0.3, 0.4) is 0 Å². The van der Waals surface area contributed by atoms with Crippen LogP contribution in [0, 0.1) is 0 Å². The van der Waals surface area contributed by atoms with Gasteiger partial charge in [0.2, 0.25) is 0 Å². The van der Waals surface area contributed by atoms with E-state index in [2.05, 4.69) is 15.9 Å². The third-order valence-corrected chi connectivity index (χ3v) is 2.28. The first kappa shape index (κ1) is 9.46. The SMILES string of the molecule is CC(=O)Cc1ccc(CBr)cc1. The number of benzene rings is 1. The molecule has 0 spiro atoms. The molecule has 1 aromatic rings. The van der Waals surface area contributed by atoms with Crippen molar-refractivity contribution in [3.8, 4) is 0 Å². The highest BCUT2D eigenvalue weighted by molar-refractivity contribution is 9.08. The average molecular weight is 227 g/mol. The molecule has 1 aromatic carbocycles. The molecule has 12 heavy (non-hydrogen) atoms. The summed E-state index contributed by atoms with van der Waals surface area (Å²) in [6.07, 6.45) is 0.544. The van der Waals surface area contributed by atoms with Crippen LogP contribution in [0.2, 0.25) is 0 Å². The number of hydrogen-bond donors (Lipinski definition) is 0. The van der Waals surface area contributed by atoms with Crippen molar-refractivity contribution in [3.63, 3.8) is 0 Å².